The van der Waals surface area contributed by atoms with Crippen molar-refractivity contribution in [2.45, 2.75) is 32.8 Å². The van der Waals surface area contributed by atoms with E-state index in [-0.39, 0.29) is 23.6 Å². The lowest BCUT2D eigenvalue weighted by atomic mass is 10.2. The van der Waals surface area contributed by atoms with Crippen LogP contribution in [0.1, 0.15) is 37.0 Å². The van der Waals surface area contributed by atoms with Crippen molar-refractivity contribution in [3.63, 3.8) is 0 Å². The van der Waals surface area contributed by atoms with Crippen LogP contribution in [0.4, 0.5) is 5.69 Å². The van der Waals surface area contributed by atoms with Gasteiger partial charge in [-0.15, -0.1) is 0 Å². The van der Waals surface area contributed by atoms with Crippen molar-refractivity contribution in [1.82, 2.24) is 0 Å². The van der Waals surface area contributed by atoms with Crippen LogP contribution in [0.25, 0.3) is 0 Å². The summed E-state index contributed by atoms with van der Waals surface area (Å²) in [4.78, 5) is 33.9. The SMILES string of the molecule is CCCCOC(=O)[C@H](C)OC(=O)c1ccc(OC)c([N+](=O)[O-])c1. The van der Waals surface area contributed by atoms with Crippen molar-refractivity contribution in [3.05, 3.63) is 33.9 Å². The minimum atomic E-state index is -1.10. The fourth-order valence-corrected chi connectivity index (χ4v) is 1.67. The number of carbonyl (C=O) groups excluding carboxylic acids is 2. The minimum Gasteiger partial charge on any atom is -0.490 e. The van der Waals surface area contributed by atoms with Gasteiger partial charge in [0.05, 0.1) is 24.2 Å². The molecule has 0 N–H and O–H groups in total. The Labute approximate surface area is 133 Å². The van der Waals surface area contributed by atoms with Crippen molar-refractivity contribution in [2.24, 2.45) is 0 Å². The third-order valence-corrected chi connectivity index (χ3v) is 2.97. The van der Waals surface area contributed by atoms with Crippen molar-refractivity contribution >= 4 is 17.6 Å². The quantitative estimate of drug-likeness (QED) is 0.313. The lowest BCUT2D eigenvalue weighted by Crippen LogP contribution is -2.26. The first-order valence-electron chi connectivity index (χ1n) is 7.10. The molecular weight excluding hydrogens is 306 g/mol. The molecule has 0 fully saturated rings. The Morgan fingerprint density at radius 2 is 2.04 bits per heavy atom. The normalized spacial score (nSPS) is 11.4. The van der Waals surface area contributed by atoms with Gasteiger partial charge >= 0.3 is 17.6 Å². The highest BCUT2D eigenvalue weighted by molar-refractivity contribution is 5.92. The van der Waals surface area contributed by atoms with Crippen LogP contribution < -0.4 is 4.74 Å². The number of nitro groups is 1. The zero-order chi connectivity index (χ0) is 17.4. The molecule has 0 heterocycles. The van der Waals surface area contributed by atoms with E-state index in [1.165, 1.54) is 26.2 Å². The predicted octanol–water partition coefficient (Wildman–Crippen LogP) is 2.49. The minimum absolute atomic E-state index is 0.0265. The van der Waals surface area contributed by atoms with Gasteiger partial charge < -0.3 is 14.2 Å². The molecule has 0 saturated carbocycles. The highest BCUT2D eigenvalue weighted by Gasteiger charge is 2.23. The summed E-state index contributed by atoms with van der Waals surface area (Å²) in [6, 6.07) is 3.65. The van der Waals surface area contributed by atoms with Crippen LogP contribution in [-0.4, -0.2) is 36.7 Å². The maximum absolute atomic E-state index is 12.0. The van der Waals surface area contributed by atoms with Crippen LogP contribution in [0.3, 0.4) is 0 Å². The highest BCUT2D eigenvalue weighted by atomic mass is 16.6. The van der Waals surface area contributed by atoms with E-state index in [9.17, 15) is 19.7 Å². The molecule has 1 atom stereocenters. The van der Waals surface area contributed by atoms with E-state index in [0.717, 1.165) is 18.9 Å². The van der Waals surface area contributed by atoms with E-state index in [1.54, 1.807) is 0 Å². The number of benzene rings is 1. The number of esters is 2. The Hall–Kier alpha value is -2.64. The molecule has 1 aromatic rings. The predicted molar refractivity (Wildman–Crippen MR) is 80.4 cm³/mol. The smallest absolute Gasteiger partial charge is 0.347 e. The highest BCUT2D eigenvalue weighted by Crippen LogP contribution is 2.27. The van der Waals surface area contributed by atoms with E-state index < -0.39 is 23.0 Å². The molecule has 0 aliphatic heterocycles. The zero-order valence-electron chi connectivity index (χ0n) is 13.2. The topological polar surface area (TPSA) is 105 Å². The first kappa shape index (κ1) is 18.4. The van der Waals surface area contributed by atoms with Gasteiger partial charge in [0, 0.05) is 6.07 Å². The monoisotopic (exact) mass is 325 g/mol. The third kappa shape index (κ3) is 5.24. The summed E-state index contributed by atoms with van der Waals surface area (Å²) in [6.45, 7) is 3.59. The maximum Gasteiger partial charge on any atom is 0.347 e. The molecule has 126 valence electrons. The number of carbonyl (C=O) groups is 2. The molecule has 0 amide bonds. The average Bonchev–Trinajstić information content (AvgIpc) is 2.53. The summed E-state index contributed by atoms with van der Waals surface area (Å²) in [6.07, 6.45) is 0.495. The molecule has 0 bridgehead atoms. The van der Waals surface area contributed by atoms with Gasteiger partial charge in [-0.25, -0.2) is 9.59 Å². The van der Waals surface area contributed by atoms with Gasteiger partial charge in [0.2, 0.25) is 0 Å². The Kier molecular flexibility index (Phi) is 6.98. The summed E-state index contributed by atoms with van der Waals surface area (Å²) < 4.78 is 14.7. The van der Waals surface area contributed by atoms with Gasteiger partial charge in [-0.2, -0.15) is 0 Å². The number of nitro benzene ring substituents is 1. The second kappa shape index (κ2) is 8.72. The van der Waals surface area contributed by atoms with Crippen LogP contribution >= 0.6 is 0 Å². The largest absolute Gasteiger partial charge is 0.490 e. The molecule has 8 heteroatoms. The van der Waals surface area contributed by atoms with Gasteiger partial charge in [-0.1, -0.05) is 13.3 Å². The van der Waals surface area contributed by atoms with Gasteiger partial charge in [-0.3, -0.25) is 10.1 Å². The van der Waals surface area contributed by atoms with Crippen molar-refractivity contribution in [1.29, 1.82) is 0 Å². The summed E-state index contributed by atoms with van der Waals surface area (Å²) in [7, 11) is 1.29. The summed E-state index contributed by atoms with van der Waals surface area (Å²) in [5, 5.41) is 10.9. The van der Waals surface area contributed by atoms with E-state index in [4.69, 9.17) is 14.2 Å². The number of hydrogen-bond donors (Lipinski definition) is 0. The molecule has 23 heavy (non-hydrogen) atoms. The Morgan fingerprint density at radius 3 is 2.61 bits per heavy atom. The van der Waals surface area contributed by atoms with Crippen LogP contribution in [0.15, 0.2) is 18.2 Å². The average molecular weight is 325 g/mol. The molecule has 1 aromatic carbocycles. The van der Waals surface area contributed by atoms with Gasteiger partial charge in [0.15, 0.2) is 11.9 Å². The molecule has 0 saturated heterocycles. The number of hydrogen-bond acceptors (Lipinski definition) is 7. The maximum atomic E-state index is 12.0. The molecule has 0 aliphatic carbocycles. The number of methoxy groups -OCH3 is 1. The van der Waals surface area contributed by atoms with E-state index in [0.29, 0.717) is 0 Å². The second-order valence-electron chi connectivity index (χ2n) is 4.71. The Bertz CT molecular complexity index is 585. The molecule has 0 aromatic heterocycles. The van der Waals surface area contributed by atoms with Crippen LogP contribution in [0.5, 0.6) is 5.75 Å². The summed E-state index contributed by atoms with van der Waals surface area (Å²) >= 11 is 0. The second-order valence-corrected chi connectivity index (χ2v) is 4.71. The molecule has 8 nitrogen and oxygen atoms in total. The van der Waals surface area contributed by atoms with Crippen molar-refractivity contribution in [2.75, 3.05) is 13.7 Å². The molecule has 1 rings (SSSR count). The number of nitrogens with zero attached hydrogens (tertiary/aromatic N) is 1. The van der Waals surface area contributed by atoms with Crippen LogP contribution in [-0.2, 0) is 14.3 Å². The Morgan fingerprint density at radius 1 is 1.35 bits per heavy atom. The zero-order valence-corrected chi connectivity index (χ0v) is 13.2. The fraction of sp³-hybridized carbons (Fsp3) is 0.467. The van der Waals surface area contributed by atoms with E-state index in [1.807, 2.05) is 6.92 Å². The van der Waals surface area contributed by atoms with Gasteiger partial charge in [-0.05, 0) is 25.5 Å². The van der Waals surface area contributed by atoms with E-state index in [2.05, 4.69) is 0 Å². The van der Waals surface area contributed by atoms with Crippen molar-refractivity contribution in [3.8, 4) is 5.75 Å². The fourth-order valence-electron chi connectivity index (χ4n) is 1.67. The lowest BCUT2D eigenvalue weighted by molar-refractivity contribution is -0.385. The van der Waals surface area contributed by atoms with Gasteiger partial charge in [0.1, 0.15) is 0 Å². The van der Waals surface area contributed by atoms with Crippen LogP contribution in [0.2, 0.25) is 0 Å². The first-order chi connectivity index (χ1) is 10.9. The van der Waals surface area contributed by atoms with Crippen LogP contribution in [0, 0.1) is 10.1 Å². The van der Waals surface area contributed by atoms with E-state index >= 15 is 0 Å². The molecular formula is C15H19NO7. The molecule has 0 spiro atoms. The van der Waals surface area contributed by atoms with Crippen molar-refractivity contribution < 1.29 is 28.7 Å². The summed E-state index contributed by atoms with van der Waals surface area (Å²) in [5.41, 5.74) is -0.411. The summed E-state index contributed by atoms with van der Waals surface area (Å²) in [5.74, 6) is -1.48. The van der Waals surface area contributed by atoms with Gasteiger partial charge in [0.25, 0.3) is 0 Å². The molecule has 0 unspecified atom stereocenters. The standard InChI is InChI=1S/C15H19NO7/c1-4-5-8-22-14(17)10(2)23-15(18)11-6-7-13(21-3)12(9-11)16(19)20/h6-7,9-10H,4-5,8H2,1-3H3/t10-/m0/s1. The molecule has 0 aliphatic rings. The lowest BCUT2D eigenvalue weighted by Gasteiger charge is -2.13. The number of rotatable bonds is 8. The molecule has 0 radical (unpaired) electrons. The number of unbranched alkanes of at least 4 members (excludes halogenated alkanes) is 1. The third-order valence-electron chi connectivity index (χ3n) is 2.97. The number of ether oxygens (including phenoxy) is 3. The Balaban J connectivity index is 2.76. The first-order valence-corrected chi connectivity index (χ1v) is 7.10.